The highest BCUT2D eigenvalue weighted by Gasteiger charge is 2.30. The number of hydrogen-bond acceptors (Lipinski definition) is 2. The van der Waals surface area contributed by atoms with E-state index in [1.807, 2.05) is 4.90 Å². The smallest absolute Gasteiger partial charge is 0.223 e. The summed E-state index contributed by atoms with van der Waals surface area (Å²) in [6, 6.07) is 3.39. The first-order valence-electron chi connectivity index (χ1n) is 7.46. The highest BCUT2D eigenvalue weighted by molar-refractivity contribution is 5.77. The largest absolute Gasteiger partial charge is 0.338 e. The van der Waals surface area contributed by atoms with Gasteiger partial charge in [-0.15, -0.1) is 0 Å². The number of carbonyl (C=O) groups excluding carboxylic acids is 1. The SMILES string of the molecule is CC1CCCN(C(=O)CCc2cc(F)ccc2F)C1CN. The van der Waals surface area contributed by atoms with Crippen LogP contribution >= 0.6 is 0 Å². The zero-order chi connectivity index (χ0) is 15.4. The summed E-state index contributed by atoms with van der Waals surface area (Å²) in [5, 5.41) is 0. The minimum absolute atomic E-state index is 0.0272. The van der Waals surface area contributed by atoms with Crippen LogP contribution in [-0.2, 0) is 11.2 Å². The lowest BCUT2D eigenvalue weighted by atomic mass is 9.90. The molecule has 0 bridgehead atoms. The lowest BCUT2D eigenvalue weighted by Crippen LogP contribution is -2.51. The summed E-state index contributed by atoms with van der Waals surface area (Å²) in [5.74, 6) is -0.587. The Balaban J connectivity index is 1.99. The van der Waals surface area contributed by atoms with Crippen LogP contribution in [0, 0.1) is 17.6 Å². The molecule has 3 nitrogen and oxygen atoms in total. The van der Waals surface area contributed by atoms with E-state index in [1.54, 1.807) is 0 Å². The highest BCUT2D eigenvalue weighted by atomic mass is 19.1. The number of aryl methyl sites for hydroxylation is 1. The van der Waals surface area contributed by atoms with E-state index in [2.05, 4.69) is 6.92 Å². The fourth-order valence-electron chi connectivity index (χ4n) is 3.04. The van der Waals surface area contributed by atoms with E-state index in [9.17, 15) is 13.6 Å². The van der Waals surface area contributed by atoms with E-state index in [-0.39, 0.29) is 30.4 Å². The van der Waals surface area contributed by atoms with Gasteiger partial charge in [-0.1, -0.05) is 6.92 Å². The lowest BCUT2D eigenvalue weighted by Gasteiger charge is -2.39. The molecule has 1 aliphatic heterocycles. The summed E-state index contributed by atoms with van der Waals surface area (Å²) in [5.41, 5.74) is 6.02. The van der Waals surface area contributed by atoms with Gasteiger partial charge < -0.3 is 10.6 Å². The average molecular weight is 296 g/mol. The van der Waals surface area contributed by atoms with E-state index in [4.69, 9.17) is 5.73 Å². The number of halogens is 2. The fourth-order valence-corrected chi connectivity index (χ4v) is 3.04. The Bertz CT molecular complexity index is 507. The van der Waals surface area contributed by atoms with Crippen LogP contribution in [0.4, 0.5) is 8.78 Å². The average Bonchev–Trinajstić information content (AvgIpc) is 2.47. The van der Waals surface area contributed by atoms with Crippen LogP contribution in [-0.4, -0.2) is 29.9 Å². The van der Waals surface area contributed by atoms with Crippen molar-refractivity contribution in [2.24, 2.45) is 11.7 Å². The third kappa shape index (κ3) is 3.79. The third-order valence-corrected chi connectivity index (χ3v) is 4.29. The first-order chi connectivity index (χ1) is 10.0. The standard InChI is InChI=1S/C16H22F2N2O/c1-11-3-2-8-20(15(11)10-19)16(21)7-4-12-9-13(17)5-6-14(12)18/h5-6,9,11,15H,2-4,7-8,10,19H2,1H3. The maximum Gasteiger partial charge on any atom is 0.223 e. The second-order valence-corrected chi connectivity index (χ2v) is 5.75. The van der Waals surface area contributed by atoms with Gasteiger partial charge in [0.25, 0.3) is 0 Å². The number of rotatable bonds is 4. The molecule has 1 amide bonds. The molecule has 0 aromatic heterocycles. The number of benzene rings is 1. The minimum atomic E-state index is -0.481. The molecule has 2 N–H and O–H groups in total. The van der Waals surface area contributed by atoms with Crippen molar-refractivity contribution in [3.63, 3.8) is 0 Å². The molecule has 2 atom stereocenters. The van der Waals surface area contributed by atoms with Crippen molar-refractivity contribution in [3.8, 4) is 0 Å². The Kier molecular flexibility index (Phi) is 5.28. The molecule has 0 radical (unpaired) electrons. The van der Waals surface area contributed by atoms with Gasteiger partial charge in [-0.2, -0.15) is 0 Å². The maximum atomic E-state index is 13.6. The molecule has 2 rings (SSSR count). The number of piperidine rings is 1. The van der Waals surface area contributed by atoms with Gasteiger partial charge in [0, 0.05) is 25.6 Å². The van der Waals surface area contributed by atoms with Crippen molar-refractivity contribution < 1.29 is 13.6 Å². The molecule has 1 heterocycles. The van der Waals surface area contributed by atoms with Crippen LogP contribution in [0.2, 0.25) is 0 Å². The van der Waals surface area contributed by atoms with Crippen molar-refractivity contribution >= 4 is 5.91 Å². The Morgan fingerprint density at radius 2 is 2.19 bits per heavy atom. The Morgan fingerprint density at radius 3 is 2.90 bits per heavy atom. The van der Waals surface area contributed by atoms with Crippen LogP contribution < -0.4 is 5.73 Å². The molecule has 5 heteroatoms. The van der Waals surface area contributed by atoms with Gasteiger partial charge in [0.15, 0.2) is 0 Å². The van der Waals surface area contributed by atoms with Gasteiger partial charge in [0.2, 0.25) is 5.91 Å². The molecule has 1 saturated heterocycles. The number of nitrogens with zero attached hydrogens (tertiary/aromatic N) is 1. The number of likely N-dealkylation sites (tertiary alicyclic amines) is 1. The number of carbonyl (C=O) groups is 1. The van der Waals surface area contributed by atoms with Crippen molar-refractivity contribution in [1.82, 2.24) is 4.90 Å². The molecular formula is C16H22F2N2O. The van der Waals surface area contributed by atoms with E-state index in [1.165, 1.54) is 0 Å². The van der Waals surface area contributed by atoms with Crippen molar-refractivity contribution in [1.29, 1.82) is 0 Å². The van der Waals surface area contributed by atoms with Crippen LogP contribution in [0.1, 0.15) is 31.7 Å². The van der Waals surface area contributed by atoms with Gasteiger partial charge in [0.05, 0.1) is 0 Å². The number of nitrogens with two attached hydrogens (primary N) is 1. The topological polar surface area (TPSA) is 46.3 Å². The normalized spacial score (nSPS) is 22.4. The first kappa shape index (κ1) is 15.9. The van der Waals surface area contributed by atoms with Crippen LogP contribution in [0.3, 0.4) is 0 Å². The van der Waals surface area contributed by atoms with Gasteiger partial charge in [-0.3, -0.25) is 4.79 Å². The first-order valence-corrected chi connectivity index (χ1v) is 7.46. The molecule has 2 unspecified atom stereocenters. The molecule has 1 aromatic carbocycles. The Labute approximate surface area is 124 Å². The zero-order valence-corrected chi connectivity index (χ0v) is 12.3. The predicted molar refractivity (Wildman–Crippen MR) is 77.6 cm³/mol. The summed E-state index contributed by atoms with van der Waals surface area (Å²) >= 11 is 0. The van der Waals surface area contributed by atoms with Crippen LogP contribution in [0.5, 0.6) is 0 Å². The van der Waals surface area contributed by atoms with Gasteiger partial charge >= 0.3 is 0 Å². The molecule has 1 fully saturated rings. The fraction of sp³-hybridized carbons (Fsp3) is 0.562. The monoisotopic (exact) mass is 296 g/mol. The van der Waals surface area contributed by atoms with Crippen molar-refractivity contribution in [2.75, 3.05) is 13.1 Å². The second kappa shape index (κ2) is 6.98. The minimum Gasteiger partial charge on any atom is -0.338 e. The predicted octanol–water partition coefficient (Wildman–Crippen LogP) is 2.48. The molecule has 0 saturated carbocycles. The second-order valence-electron chi connectivity index (χ2n) is 5.75. The maximum absolute atomic E-state index is 13.6. The van der Waals surface area contributed by atoms with E-state index >= 15 is 0 Å². The molecule has 116 valence electrons. The summed E-state index contributed by atoms with van der Waals surface area (Å²) in [6.07, 6.45) is 2.44. The third-order valence-electron chi connectivity index (χ3n) is 4.29. The zero-order valence-electron chi connectivity index (χ0n) is 12.3. The number of amides is 1. The van der Waals surface area contributed by atoms with Gasteiger partial charge in [-0.25, -0.2) is 8.78 Å². The summed E-state index contributed by atoms with van der Waals surface area (Å²) in [4.78, 5) is 14.1. The van der Waals surface area contributed by atoms with Gasteiger partial charge in [-0.05, 0) is 48.9 Å². The highest BCUT2D eigenvalue weighted by Crippen LogP contribution is 2.23. The summed E-state index contributed by atoms with van der Waals surface area (Å²) in [6.45, 7) is 3.25. The van der Waals surface area contributed by atoms with E-state index < -0.39 is 11.6 Å². The quantitative estimate of drug-likeness (QED) is 0.928. The lowest BCUT2D eigenvalue weighted by molar-refractivity contribution is -0.136. The Hall–Kier alpha value is -1.49. The van der Waals surface area contributed by atoms with Crippen molar-refractivity contribution in [3.05, 3.63) is 35.4 Å². The number of hydrogen-bond donors (Lipinski definition) is 1. The van der Waals surface area contributed by atoms with E-state index in [0.717, 1.165) is 31.0 Å². The summed E-state index contributed by atoms with van der Waals surface area (Å²) in [7, 11) is 0. The van der Waals surface area contributed by atoms with Crippen LogP contribution in [0.25, 0.3) is 0 Å². The Morgan fingerprint density at radius 1 is 1.43 bits per heavy atom. The van der Waals surface area contributed by atoms with E-state index in [0.29, 0.717) is 19.0 Å². The molecular weight excluding hydrogens is 274 g/mol. The molecule has 1 aliphatic rings. The molecule has 1 aromatic rings. The molecule has 0 aliphatic carbocycles. The molecule has 0 spiro atoms. The summed E-state index contributed by atoms with van der Waals surface area (Å²) < 4.78 is 26.7. The van der Waals surface area contributed by atoms with Crippen LogP contribution in [0.15, 0.2) is 18.2 Å². The van der Waals surface area contributed by atoms with Crippen molar-refractivity contribution in [2.45, 2.75) is 38.6 Å². The molecule has 21 heavy (non-hydrogen) atoms. The van der Waals surface area contributed by atoms with Gasteiger partial charge in [0.1, 0.15) is 11.6 Å².